The first-order valence-corrected chi connectivity index (χ1v) is 9.73. The van der Waals surface area contributed by atoms with Gasteiger partial charge in [0.1, 0.15) is 0 Å². The van der Waals surface area contributed by atoms with Crippen LogP contribution < -0.4 is 15.2 Å². The maximum Gasteiger partial charge on any atom is 0.255 e. The average molecular weight is 384 g/mol. The highest BCUT2D eigenvalue weighted by Crippen LogP contribution is 2.24. The molecule has 0 fully saturated rings. The van der Waals surface area contributed by atoms with Crippen molar-refractivity contribution in [3.63, 3.8) is 0 Å². The van der Waals surface area contributed by atoms with Crippen LogP contribution in [-0.2, 0) is 14.8 Å². The van der Waals surface area contributed by atoms with Crippen LogP contribution in [0.2, 0.25) is 0 Å². The summed E-state index contributed by atoms with van der Waals surface area (Å²) in [6.45, 7) is -0.200. The first kappa shape index (κ1) is 19.2. The van der Waals surface area contributed by atoms with E-state index in [0.717, 1.165) is 0 Å². The molecule has 0 saturated carbocycles. The number of nitrogens with one attached hydrogen (secondary N) is 1. The van der Waals surface area contributed by atoms with Crippen molar-refractivity contribution >= 4 is 27.7 Å². The molecule has 25 heavy (non-hydrogen) atoms. The van der Waals surface area contributed by atoms with Crippen LogP contribution in [0.25, 0.3) is 0 Å². The fourth-order valence-corrected chi connectivity index (χ4v) is 3.84. The Morgan fingerprint density at radius 3 is 2.56 bits per heavy atom. The number of amides is 1. The summed E-state index contributed by atoms with van der Waals surface area (Å²) in [5, 5.41) is 0. The number of primary amides is 1. The highest BCUT2D eigenvalue weighted by atomic mass is 32.2. The molecule has 0 saturated heterocycles. The van der Waals surface area contributed by atoms with E-state index in [4.69, 9.17) is 10.5 Å². The lowest BCUT2D eigenvalue weighted by Crippen LogP contribution is -2.25. The van der Waals surface area contributed by atoms with Crippen molar-refractivity contribution in [2.45, 2.75) is 9.79 Å². The van der Waals surface area contributed by atoms with E-state index in [-0.39, 0.29) is 17.2 Å². The Balaban J connectivity index is 1.84. The van der Waals surface area contributed by atoms with Crippen molar-refractivity contribution in [2.75, 3.05) is 18.9 Å². The summed E-state index contributed by atoms with van der Waals surface area (Å²) in [5.74, 6) is -0.944. The molecular weight excluding hydrogens is 367 g/mol. The molecule has 134 valence electrons. The number of rotatable bonds is 9. The smallest absolute Gasteiger partial charge is 0.255 e. The van der Waals surface area contributed by atoms with Crippen molar-refractivity contribution in [1.82, 2.24) is 4.72 Å². The Labute approximate surface area is 149 Å². The van der Waals surface area contributed by atoms with Crippen molar-refractivity contribution in [1.29, 1.82) is 0 Å². The quantitative estimate of drug-likeness (QED) is 0.507. The fraction of sp³-hybridized carbons (Fsp3) is 0.188. The van der Waals surface area contributed by atoms with Crippen LogP contribution in [0, 0.1) is 5.82 Å². The van der Waals surface area contributed by atoms with Gasteiger partial charge >= 0.3 is 0 Å². The van der Waals surface area contributed by atoms with Crippen LogP contribution >= 0.6 is 11.8 Å². The van der Waals surface area contributed by atoms with Gasteiger partial charge < -0.3 is 10.5 Å². The highest BCUT2D eigenvalue weighted by Gasteiger charge is 2.12. The lowest BCUT2D eigenvalue weighted by atomic mass is 10.3. The largest absolute Gasteiger partial charge is 0.481 e. The molecule has 3 N–H and O–H groups in total. The first-order valence-electron chi connectivity index (χ1n) is 7.26. The standard InChI is InChI=1S/C16H17FN2O4S2/c17-14-10-12(6-7-15(14)23-11-16(18)20)24-9-8-19-25(21,22)13-4-2-1-3-5-13/h1-7,10,19H,8-9,11H2,(H2,18,20). The molecule has 2 rings (SSSR count). The lowest BCUT2D eigenvalue weighted by molar-refractivity contribution is -0.120. The minimum absolute atomic E-state index is 0.0621. The number of thioether (sulfide) groups is 1. The van der Waals surface area contributed by atoms with Crippen molar-refractivity contribution in [3.05, 3.63) is 54.3 Å². The van der Waals surface area contributed by atoms with Gasteiger partial charge in [-0.2, -0.15) is 0 Å². The molecule has 2 aromatic rings. The maximum absolute atomic E-state index is 13.8. The molecule has 0 bridgehead atoms. The maximum atomic E-state index is 13.8. The Morgan fingerprint density at radius 2 is 1.92 bits per heavy atom. The molecule has 0 aliphatic heterocycles. The molecule has 6 nitrogen and oxygen atoms in total. The highest BCUT2D eigenvalue weighted by molar-refractivity contribution is 7.99. The molecule has 9 heteroatoms. The number of hydrogen-bond acceptors (Lipinski definition) is 5. The molecule has 0 aromatic heterocycles. The molecule has 0 unspecified atom stereocenters. The van der Waals surface area contributed by atoms with Crippen LogP contribution in [0.1, 0.15) is 0 Å². The van der Waals surface area contributed by atoms with Crippen LogP contribution in [0.3, 0.4) is 0 Å². The molecule has 1 amide bonds. The van der Waals surface area contributed by atoms with E-state index < -0.39 is 28.4 Å². The molecule has 0 spiro atoms. The third kappa shape index (κ3) is 6.04. The SMILES string of the molecule is NC(=O)COc1ccc(SCCNS(=O)(=O)c2ccccc2)cc1F. The van der Waals surface area contributed by atoms with Crippen LogP contribution in [-0.4, -0.2) is 33.2 Å². The van der Waals surface area contributed by atoms with Gasteiger partial charge in [-0.1, -0.05) is 18.2 Å². The van der Waals surface area contributed by atoms with E-state index in [1.165, 1.54) is 36.0 Å². The molecule has 0 aliphatic carbocycles. The number of carbonyl (C=O) groups excluding carboxylic acids is 1. The minimum atomic E-state index is -3.55. The number of benzene rings is 2. The number of ether oxygens (including phenoxy) is 1. The van der Waals surface area contributed by atoms with Crippen LogP contribution in [0.4, 0.5) is 4.39 Å². The summed E-state index contributed by atoms with van der Waals surface area (Å²) in [6, 6.07) is 12.3. The zero-order chi connectivity index (χ0) is 18.3. The summed E-state index contributed by atoms with van der Waals surface area (Å²) in [7, 11) is -3.55. The van der Waals surface area contributed by atoms with Gasteiger partial charge in [-0.3, -0.25) is 4.79 Å². The summed E-state index contributed by atoms with van der Waals surface area (Å²) in [6.07, 6.45) is 0. The summed E-state index contributed by atoms with van der Waals surface area (Å²) in [5.41, 5.74) is 4.93. The second-order valence-electron chi connectivity index (χ2n) is 4.91. The van der Waals surface area contributed by atoms with E-state index in [1.54, 1.807) is 24.3 Å². The zero-order valence-corrected chi connectivity index (χ0v) is 14.8. The molecule has 0 radical (unpaired) electrons. The predicted molar refractivity (Wildman–Crippen MR) is 93.4 cm³/mol. The number of halogens is 1. The molecule has 0 heterocycles. The number of hydrogen-bond donors (Lipinski definition) is 2. The summed E-state index contributed by atoms with van der Waals surface area (Å²) < 4.78 is 45.3. The van der Waals surface area contributed by atoms with Gasteiger partial charge in [0, 0.05) is 17.2 Å². The molecular formula is C16H17FN2O4S2. The first-order chi connectivity index (χ1) is 11.9. The van der Waals surface area contributed by atoms with E-state index in [0.29, 0.717) is 10.6 Å². The third-order valence-electron chi connectivity index (χ3n) is 2.99. The van der Waals surface area contributed by atoms with Gasteiger partial charge in [0.2, 0.25) is 10.0 Å². The lowest BCUT2D eigenvalue weighted by Gasteiger charge is -2.08. The Bertz CT molecular complexity index is 829. The third-order valence-corrected chi connectivity index (χ3v) is 5.46. The van der Waals surface area contributed by atoms with Gasteiger partial charge in [0.05, 0.1) is 4.90 Å². The Hall–Kier alpha value is -2.10. The fourth-order valence-electron chi connectivity index (χ4n) is 1.87. The van der Waals surface area contributed by atoms with E-state index in [1.807, 2.05) is 0 Å². The minimum Gasteiger partial charge on any atom is -0.481 e. The van der Waals surface area contributed by atoms with Crippen LogP contribution in [0.15, 0.2) is 58.3 Å². The normalized spacial score (nSPS) is 11.2. The predicted octanol–water partition coefficient (Wildman–Crippen LogP) is 1.76. The zero-order valence-electron chi connectivity index (χ0n) is 13.1. The molecule has 2 aromatic carbocycles. The monoisotopic (exact) mass is 384 g/mol. The topological polar surface area (TPSA) is 98.5 Å². The van der Waals surface area contributed by atoms with E-state index >= 15 is 0 Å². The van der Waals surface area contributed by atoms with Crippen molar-refractivity contribution in [2.24, 2.45) is 5.73 Å². The van der Waals surface area contributed by atoms with Gasteiger partial charge in [0.15, 0.2) is 18.2 Å². The number of sulfonamides is 1. The second kappa shape index (κ2) is 8.84. The van der Waals surface area contributed by atoms with Gasteiger partial charge in [0.25, 0.3) is 5.91 Å². The van der Waals surface area contributed by atoms with E-state index in [9.17, 15) is 17.6 Å². The van der Waals surface area contributed by atoms with Gasteiger partial charge in [-0.05, 0) is 30.3 Å². The Kier molecular flexibility index (Phi) is 6.80. The van der Waals surface area contributed by atoms with Gasteiger partial charge in [-0.15, -0.1) is 11.8 Å². The van der Waals surface area contributed by atoms with Crippen LogP contribution in [0.5, 0.6) is 5.75 Å². The Morgan fingerprint density at radius 1 is 1.20 bits per heavy atom. The van der Waals surface area contributed by atoms with Gasteiger partial charge in [-0.25, -0.2) is 17.5 Å². The number of carbonyl (C=O) groups is 1. The van der Waals surface area contributed by atoms with E-state index in [2.05, 4.69) is 4.72 Å². The average Bonchev–Trinajstić information content (AvgIpc) is 2.58. The molecule has 0 atom stereocenters. The molecule has 0 aliphatic rings. The van der Waals surface area contributed by atoms with Crippen molar-refractivity contribution in [3.8, 4) is 5.75 Å². The van der Waals surface area contributed by atoms with Crippen molar-refractivity contribution < 1.29 is 22.3 Å². The number of nitrogens with two attached hydrogens (primary N) is 1. The summed E-state index contributed by atoms with van der Waals surface area (Å²) >= 11 is 1.29. The second-order valence-corrected chi connectivity index (χ2v) is 7.84. The summed E-state index contributed by atoms with van der Waals surface area (Å²) in [4.78, 5) is 11.4.